The van der Waals surface area contributed by atoms with Crippen molar-refractivity contribution < 1.29 is 0 Å². The minimum absolute atomic E-state index is 0.210. The molecule has 2 aromatic rings. The molecular formula is C21H32N6. The molecule has 1 heterocycles. The van der Waals surface area contributed by atoms with E-state index in [1.807, 2.05) is 0 Å². The first-order valence-corrected chi connectivity index (χ1v) is 10.3. The normalized spacial score (nSPS) is 16.9. The Bertz CT molecular complexity index is 702. The Morgan fingerprint density at radius 3 is 2.74 bits per heavy atom. The summed E-state index contributed by atoms with van der Waals surface area (Å²) in [6, 6.07) is 11.3. The van der Waals surface area contributed by atoms with Gasteiger partial charge in [-0.05, 0) is 25.3 Å². The average molecular weight is 369 g/mol. The summed E-state index contributed by atoms with van der Waals surface area (Å²) in [5.41, 5.74) is 1.27. The predicted molar refractivity (Wildman–Crippen MR) is 110 cm³/mol. The second-order valence-electron chi connectivity index (χ2n) is 7.28. The van der Waals surface area contributed by atoms with Crippen molar-refractivity contribution in [2.75, 3.05) is 6.54 Å². The molecule has 0 bridgehead atoms. The number of aryl methyl sites for hydroxylation is 1. The molecule has 1 aromatic carbocycles. The number of benzene rings is 1. The molecule has 6 nitrogen and oxygen atoms in total. The van der Waals surface area contributed by atoms with Crippen molar-refractivity contribution in [3.8, 4) is 0 Å². The molecule has 1 atom stereocenters. The van der Waals surface area contributed by atoms with E-state index in [0.29, 0.717) is 12.6 Å². The topological polar surface area (TPSA) is 67.1 Å². The summed E-state index contributed by atoms with van der Waals surface area (Å²) in [5, 5.41) is 15.4. The maximum absolute atomic E-state index is 4.85. The van der Waals surface area contributed by atoms with Gasteiger partial charge in [0, 0.05) is 19.0 Å². The van der Waals surface area contributed by atoms with Gasteiger partial charge in [-0.2, -0.15) is 0 Å². The smallest absolute Gasteiger partial charge is 0.192 e. The molecule has 1 fully saturated rings. The number of nitrogens with one attached hydrogen (secondary N) is 2. The second-order valence-corrected chi connectivity index (χ2v) is 7.28. The van der Waals surface area contributed by atoms with Gasteiger partial charge < -0.3 is 15.2 Å². The molecule has 6 heteroatoms. The number of rotatable bonds is 7. The summed E-state index contributed by atoms with van der Waals surface area (Å²) in [6.45, 7) is 5.79. The van der Waals surface area contributed by atoms with Gasteiger partial charge in [0.1, 0.15) is 12.2 Å². The van der Waals surface area contributed by atoms with Crippen molar-refractivity contribution >= 4 is 5.96 Å². The Morgan fingerprint density at radius 2 is 2.00 bits per heavy atom. The zero-order valence-corrected chi connectivity index (χ0v) is 16.6. The van der Waals surface area contributed by atoms with Crippen molar-refractivity contribution in [1.82, 2.24) is 25.4 Å². The van der Waals surface area contributed by atoms with Crippen molar-refractivity contribution in [3.05, 3.63) is 48.0 Å². The number of hydrogen-bond acceptors (Lipinski definition) is 3. The molecule has 1 unspecified atom stereocenters. The highest BCUT2D eigenvalue weighted by atomic mass is 15.3. The van der Waals surface area contributed by atoms with Crippen molar-refractivity contribution in [3.63, 3.8) is 0 Å². The van der Waals surface area contributed by atoms with Crippen LogP contribution in [0.4, 0.5) is 0 Å². The van der Waals surface area contributed by atoms with Crippen LogP contribution in [0.1, 0.15) is 63.4 Å². The third-order valence-electron chi connectivity index (χ3n) is 5.22. The Hall–Kier alpha value is -2.37. The fraction of sp³-hybridized carbons (Fsp3) is 0.571. The molecule has 0 amide bonds. The molecule has 0 spiro atoms. The summed E-state index contributed by atoms with van der Waals surface area (Å²) < 4.78 is 2.09. The standard InChI is InChI=1S/C21H32N6/c1-3-20-26-23-16-27(20)15-14-22-21(25-19-12-8-5-9-13-19)24-17(2)18-10-6-4-7-11-18/h4,6-7,10-11,16-17,19H,3,5,8-9,12-15H2,1-2H3,(H2,22,24,25). The predicted octanol–water partition coefficient (Wildman–Crippen LogP) is 3.47. The molecule has 1 saturated carbocycles. The minimum Gasteiger partial charge on any atom is -0.354 e. The van der Waals surface area contributed by atoms with Gasteiger partial charge >= 0.3 is 0 Å². The van der Waals surface area contributed by atoms with E-state index in [9.17, 15) is 0 Å². The first-order chi connectivity index (χ1) is 13.3. The fourth-order valence-electron chi connectivity index (χ4n) is 3.61. The lowest BCUT2D eigenvalue weighted by atomic mass is 9.96. The van der Waals surface area contributed by atoms with E-state index in [2.05, 4.69) is 69.6 Å². The quantitative estimate of drug-likeness (QED) is 0.580. The van der Waals surface area contributed by atoms with E-state index in [0.717, 1.165) is 24.7 Å². The summed E-state index contributed by atoms with van der Waals surface area (Å²) in [6.07, 6.45) is 9.10. The third kappa shape index (κ3) is 5.81. The lowest BCUT2D eigenvalue weighted by Crippen LogP contribution is -2.45. The monoisotopic (exact) mass is 368 g/mol. The van der Waals surface area contributed by atoms with Crippen LogP contribution in [0, 0.1) is 0 Å². The van der Waals surface area contributed by atoms with Crippen molar-refractivity contribution in [2.24, 2.45) is 4.99 Å². The molecule has 27 heavy (non-hydrogen) atoms. The van der Waals surface area contributed by atoms with E-state index in [-0.39, 0.29) is 6.04 Å². The lowest BCUT2D eigenvalue weighted by molar-refractivity contribution is 0.408. The summed E-state index contributed by atoms with van der Waals surface area (Å²) in [7, 11) is 0. The van der Waals surface area contributed by atoms with Crippen LogP contribution in [0.5, 0.6) is 0 Å². The molecule has 1 aliphatic carbocycles. The van der Waals surface area contributed by atoms with E-state index in [4.69, 9.17) is 4.99 Å². The number of aromatic nitrogens is 3. The number of guanidine groups is 1. The van der Waals surface area contributed by atoms with Gasteiger partial charge in [-0.15, -0.1) is 10.2 Å². The van der Waals surface area contributed by atoms with Gasteiger partial charge in [-0.1, -0.05) is 56.5 Å². The van der Waals surface area contributed by atoms with Crippen LogP contribution in [0.3, 0.4) is 0 Å². The zero-order valence-electron chi connectivity index (χ0n) is 16.6. The Balaban J connectivity index is 1.64. The summed E-state index contributed by atoms with van der Waals surface area (Å²) in [5.74, 6) is 1.92. The van der Waals surface area contributed by atoms with Crippen LogP contribution < -0.4 is 10.6 Å². The van der Waals surface area contributed by atoms with Gasteiger partial charge in [-0.25, -0.2) is 0 Å². The fourth-order valence-corrected chi connectivity index (χ4v) is 3.61. The van der Waals surface area contributed by atoms with Gasteiger partial charge in [0.25, 0.3) is 0 Å². The molecule has 3 rings (SSSR count). The zero-order chi connectivity index (χ0) is 18.9. The Labute approximate surface area is 162 Å². The van der Waals surface area contributed by atoms with E-state index in [1.54, 1.807) is 6.33 Å². The molecule has 1 aromatic heterocycles. The minimum atomic E-state index is 0.210. The van der Waals surface area contributed by atoms with Gasteiger partial charge in [0.15, 0.2) is 5.96 Å². The average Bonchev–Trinajstić information content (AvgIpc) is 3.17. The molecule has 0 saturated heterocycles. The van der Waals surface area contributed by atoms with Crippen LogP contribution >= 0.6 is 0 Å². The summed E-state index contributed by atoms with van der Waals surface area (Å²) >= 11 is 0. The van der Waals surface area contributed by atoms with E-state index in [1.165, 1.54) is 37.7 Å². The van der Waals surface area contributed by atoms with E-state index >= 15 is 0 Å². The maximum atomic E-state index is 4.85. The van der Waals surface area contributed by atoms with Crippen LogP contribution in [-0.4, -0.2) is 33.3 Å². The van der Waals surface area contributed by atoms with E-state index < -0.39 is 0 Å². The highest BCUT2D eigenvalue weighted by Gasteiger charge is 2.16. The largest absolute Gasteiger partial charge is 0.354 e. The number of aliphatic imine (C=N–C) groups is 1. The highest BCUT2D eigenvalue weighted by Crippen LogP contribution is 2.18. The molecule has 0 radical (unpaired) electrons. The molecule has 146 valence electrons. The van der Waals surface area contributed by atoms with Crippen LogP contribution in [0.2, 0.25) is 0 Å². The Morgan fingerprint density at radius 1 is 1.22 bits per heavy atom. The number of nitrogens with zero attached hydrogens (tertiary/aromatic N) is 4. The third-order valence-corrected chi connectivity index (χ3v) is 5.22. The van der Waals surface area contributed by atoms with Crippen LogP contribution in [-0.2, 0) is 13.0 Å². The van der Waals surface area contributed by atoms with Gasteiger partial charge in [0.05, 0.1) is 12.6 Å². The summed E-state index contributed by atoms with van der Waals surface area (Å²) in [4.78, 5) is 4.85. The van der Waals surface area contributed by atoms with Crippen molar-refractivity contribution in [2.45, 2.75) is 71.0 Å². The molecular weight excluding hydrogens is 336 g/mol. The van der Waals surface area contributed by atoms with Crippen molar-refractivity contribution in [1.29, 1.82) is 0 Å². The molecule has 2 N–H and O–H groups in total. The number of hydrogen-bond donors (Lipinski definition) is 2. The van der Waals surface area contributed by atoms with Crippen LogP contribution in [0.15, 0.2) is 41.7 Å². The first-order valence-electron chi connectivity index (χ1n) is 10.3. The first kappa shape index (κ1) is 19.4. The second kappa shape index (κ2) is 10.1. The molecule has 0 aliphatic heterocycles. The SMILES string of the molecule is CCc1nncn1CCN=C(NC1CCCCC1)NC(C)c1ccccc1. The highest BCUT2D eigenvalue weighted by molar-refractivity contribution is 5.80. The Kier molecular flexibility index (Phi) is 7.25. The maximum Gasteiger partial charge on any atom is 0.192 e. The van der Waals surface area contributed by atoms with Crippen LogP contribution in [0.25, 0.3) is 0 Å². The van der Waals surface area contributed by atoms with Gasteiger partial charge in [0.2, 0.25) is 0 Å². The lowest BCUT2D eigenvalue weighted by Gasteiger charge is -2.27. The van der Waals surface area contributed by atoms with Gasteiger partial charge in [-0.3, -0.25) is 4.99 Å². The molecule has 1 aliphatic rings.